The third kappa shape index (κ3) is 2.50. The third-order valence-electron chi connectivity index (χ3n) is 4.37. The number of aromatic nitrogens is 2. The first-order chi connectivity index (χ1) is 10.4. The number of rotatable bonds is 1. The molecule has 0 spiro atoms. The number of nitrogens with zero attached hydrogens (tertiary/aromatic N) is 4. The van der Waals surface area contributed by atoms with Crippen LogP contribution in [-0.4, -0.2) is 58.4 Å². The average molecular weight is 318 g/mol. The number of aryl methyl sites for hydroxylation is 3. The molecule has 1 saturated heterocycles. The van der Waals surface area contributed by atoms with Crippen LogP contribution in [0.4, 0.5) is 0 Å². The molecule has 118 valence electrons. The van der Waals surface area contributed by atoms with Crippen molar-refractivity contribution in [2.45, 2.75) is 33.7 Å². The fourth-order valence-electron chi connectivity index (χ4n) is 3.25. The van der Waals surface area contributed by atoms with Gasteiger partial charge in [0.05, 0.1) is 4.88 Å². The summed E-state index contributed by atoms with van der Waals surface area (Å²) in [5, 5.41) is 1.04. The van der Waals surface area contributed by atoms with E-state index in [1.54, 1.807) is 0 Å². The van der Waals surface area contributed by atoms with Crippen LogP contribution in [0.25, 0.3) is 10.2 Å². The number of hydrogen-bond acceptors (Lipinski definition) is 5. The molecule has 2 aromatic rings. The molecule has 22 heavy (non-hydrogen) atoms. The summed E-state index contributed by atoms with van der Waals surface area (Å²) in [4.78, 5) is 27.9. The summed E-state index contributed by atoms with van der Waals surface area (Å²) in [7, 11) is 2.10. The molecule has 1 aliphatic heterocycles. The lowest BCUT2D eigenvalue weighted by Crippen LogP contribution is -2.52. The molecule has 3 rings (SSSR count). The van der Waals surface area contributed by atoms with Crippen molar-refractivity contribution in [3.8, 4) is 0 Å². The largest absolute Gasteiger partial charge is 0.333 e. The van der Waals surface area contributed by atoms with Gasteiger partial charge < -0.3 is 9.80 Å². The topological polar surface area (TPSA) is 49.3 Å². The Kier molecular flexibility index (Phi) is 3.91. The zero-order valence-electron chi connectivity index (χ0n) is 13.8. The molecule has 1 aliphatic rings. The highest BCUT2D eigenvalue weighted by Crippen LogP contribution is 2.32. The van der Waals surface area contributed by atoms with Gasteiger partial charge >= 0.3 is 0 Å². The van der Waals surface area contributed by atoms with Crippen molar-refractivity contribution in [1.29, 1.82) is 0 Å². The molecule has 1 amide bonds. The van der Waals surface area contributed by atoms with Crippen LogP contribution < -0.4 is 0 Å². The van der Waals surface area contributed by atoms with Crippen LogP contribution in [0, 0.1) is 20.8 Å². The lowest BCUT2D eigenvalue weighted by molar-refractivity contribution is 0.0538. The number of likely N-dealkylation sites (N-methyl/N-ethyl adjacent to an activating group) is 1. The predicted molar refractivity (Wildman–Crippen MR) is 89.6 cm³/mol. The van der Waals surface area contributed by atoms with Gasteiger partial charge in [-0.25, -0.2) is 9.97 Å². The van der Waals surface area contributed by atoms with Crippen LogP contribution in [0.5, 0.6) is 0 Å². The number of hydrogen-bond donors (Lipinski definition) is 0. The number of piperazine rings is 1. The van der Waals surface area contributed by atoms with Crippen molar-refractivity contribution in [3.05, 3.63) is 22.0 Å². The molecule has 2 aromatic heterocycles. The maximum Gasteiger partial charge on any atom is 0.264 e. The lowest BCUT2D eigenvalue weighted by Gasteiger charge is -2.38. The summed E-state index contributed by atoms with van der Waals surface area (Å²) in [6, 6.07) is 0.241. The van der Waals surface area contributed by atoms with E-state index in [1.165, 1.54) is 11.3 Å². The van der Waals surface area contributed by atoms with Gasteiger partial charge in [0.2, 0.25) is 0 Å². The van der Waals surface area contributed by atoms with Crippen molar-refractivity contribution in [2.75, 3.05) is 26.7 Å². The van der Waals surface area contributed by atoms with Crippen LogP contribution in [0.3, 0.4) is 0 Å². The monoisotopic (exact) mass is 318 g/mol. The fraction of sp³-hybridized carbons (Fsp3) is 0.562. The van der Waals surface area contributed by atoms with Crippen LogP contribution in [-0.2, 0) is 0 Å². The first-order valence-electron chi connectivity index (χ1n) is 7.62. The Morgan fingerprint density at radius 1 is 1.23 bits per heavy atom. The van der Waals surface area contributed by atoms with Gasteiger partial charge in [-0.15, -0.1) is 11.3 Å². The Bertz CT molecular complexity index is 739. The SMILES string of the molecule is Cc1nc(C)c2c(C)c(C(=O)N3CCN(C)C[C@H]3C)sc2n1. The second-order valence-electron chi connectivity index (χ2n) is 6.20. The van der Waals surface area contributed by atoms with E-state index in [2.05, 4.69) is 28.8 Å². The third-order valence-corrected chi connectivity index (χ3v) is 5.54. The molecule has 5 nitrogen and oxygen atoms in total. The van der Waals surface area contributed by atoms with Gasteiger partial charge in [-0.2, -0.15) is 0 Å². The summed E-state index contributed by atoms with van der Waals surface area (Å²) >= 11 is 1.50. The van der Waals surface area contributed by atoms with Crippen LogP contribution in [0.2, 0.25) is 0 Å². The number of amides is 1. The molecule has 3 heterocycles. The van der Waals surface area contributed by atoms with E-state index in [-0.39, 0.29) is 11.9 Å². The van der Waals surface area contributed by atoms with Gasteiger partial charge in [0.1, 0.15) is 10.7 Å². The van der Waals surface area contributed by atoms with Gasteiger partial charge in [-0.3, -0.25) is 4.79 Å². The highest BCUT2D eigenvalue weighted by molar-refractivity contribution is 7.20. The molecule has 0 bridgehead atoms. The molecule has 0 aliphatic carbocycles. The quantitative estimate of drug-likeness (QED) is 0.810. The molecule has 0 aromatic carbocycles. The normalized spacial score (nSPS) is 19.9. The number of carbonyl (C=O) groups excluding carboxylic acids is 1. The van der Waals surface area contributed by atoms with E-state index in [0.717, 1.165) is 51.8 Å². The smallest absolute Gasteiger partial charge is 0.264 e. The molecule has 0 radical (unpaired) electrons. The van der Waals surface area contributed by atoms with Gasteiger partial charge in [0.15, 0.2) is 0 Å². The molecule has 1 fully saturated rings. The zero-order chi connectivity index (χ0) is 16.0. The Hall–Kier alpha value is -1.53. The van der Waals surface area contributed by atoms with Crippen molar-refractivity contribution >= 4 is 27.5 Å². The van der Waals surface area contributed by atoms with E-state index in [1.807, 2.05) is 25.7 Å². The lowest BCUT2D eigenvalue weighted by atomic mass is 10.1. The number of thiophene rings is 1. The number of carbonyl (C=O) groups is 1. The van der Waals surface area contributed by atoms with Gasteiger partial charge in [0, 0.05) is 36.8 Å². The molecule has 0 unspecified atom stereocenters. The Morgan fingerprint density at radius 2 is 1.95 bits per heavy atom. The predicted octanol–water partition coefficient (Wildman–Crippen LogP) is 2.39. The summed E-state index contributed by atoms with van der Waals surface area (Å²) in [6.45, 7) is 10.7. The van der Waals surface area contributed by atoms with Crippen molar-refractivity contribution < 1.29 is 4.79 Å². The summed E-state index contributed by atoms with van der Waals surface area (Å²) in [5.74, 6) is 0.899. The van der Waals surface area contributed by atoms with Crippen LogP contribution in [0.15, 0.2) is 0 Å². The molecular formula is C16H22N4OS. The Balaban J connectivity index is 2.01. The molecular weight excluding hydrogens is 296 g/mol. The molecule has 1 atom stereocenters. The van der Waals surface area contributed by atoms with Crippen molar-refractivity contribution in [2.24, 2.45) is 0 Å². The van der Waals surface area contributed by atoms with Gasteiger partial charge in [-0.1, -0.05) is 0 Å². The molecule has 0 N–H and O–H groups in total. The first kappa shape index (κ1) is 15.4. The van der Waals surface area contributed by atoms with Gasteiger partial charge in [-0.05, 0) is 40.3 Å². The van der Waals surface area contributed by atoms with Crippen molar-refractivity contribution in [3.63, 3.8) is 0 Å². The van der Waals surface area contributed by atoms with E-state index < -0.39 is 0 Å². The van der Waals surface area contributed by atoms with E-state index in [4.69, 9.17) is 0 Å². The minimum absolute atomic E-state index is 0.137. The van der Waals surface area contributed by atoms with Gasteiger partial charge in [0.25, 0.3) is 5.91 Å². The second kappa shape index (κ2) is 5.59. The average Bonchev–Trinajstić information content (AvgIpc) is 2.75. The Labute approximate surface area is 135 Å². The Morgan fingerprint density at radius 3 is 2.64 bits per heavy atom. The molecule has 6 heteroatoms. The maximum absolute atomic E-state index is 13.0. The summed E-state index contributed by atoms with van der Waals surface area (Å²) < 4.78 is 0. The fourth-order valence-corrected chi connectivity index (χ4v) is 4.48. The standard InChI is InChI=1S/C16H22N4OS/c1-9-8-19(5)6-7-20(9)16(21)14-10(2)13-11(3)17-12(4)18-15(13)22-14/h9H,6-8H2,1-5H3/t9-/m1/s1. The van der Waals surface area contributed by atoms with Crippen LogP contribution in [0.1, 0.15) is 33.7 Å². The highest BCUT2D eigenvalue weighted by atomic mass is 32.1. The summed E-state index contributed by atoms with van der Waals surface area (Å²) in [5.41, 5.74) is 1.98. The first-order valence-corrected chi connectivity index (χ1v) is 8.44. The zero-order valence-corrected chi connectivity index (χ0v) is 14.6. The van der Waals surface area contributed by atoms with E-state index in [0.29, 0.717) is 0 Å². The summed E-state index contributed by atoms with van der Waals surface area (Å²) in [6.07, 6.45) is 0. The maximum atomic E-state index is 13.0. The van der Waals surface area contributed by atoms with Crippen molar-refractivity contribution in [1.82, 2.24) is 19.8 Å². The second-order valence-corrected chi connectivity index (χ2v) is 7.20. The van der Waals surface area contributed by atoms with E-state index >= 15 is 0 Å². The number of fused-ring (bicyclic) bond motifs is 1. The molecule has 0 saturated carbocycles. The van der Waals surface area contributed by atoms with E-state index in [9.17, 15) is 4.79 Å². The highest BCUT2D eigenvalue weighted by Gasteiger charge is 2.29. The van der Waals surface area contributed by atoms with Crippen LogP contribution >= 0.6 is 11.3 Å². The minimum Gasteiger partial charge on any atom is -0.333 e. The minimum atomic E-state index is 0.137.